The van der Waals surface area contributed by atoms with Gasteiger partial charge in [-0.2, -0.15) is 17.7 Å². The molecule has 0 bridgehead atoms. The van der Waals surface area contributed by atoms with E-state index in [9.17, 15) is 0 Å². The Bertz CT molecular complexity index is 3920. The van der Waals surface area contributed by atoms with Gasteiger partial charge in [-0.15, -0.1) is 29.7 Å². The topological polar surface area (TPSA) is 35.9 Å². The first-order chi connectivity index (χ1) is 38.5. The van der Waals surface area contributed by atoms with Crippen LogP contribution in [0, 0.1) is 18.5 Å². The van der Waals surface area contributed by atoms with Crippen molar-refractivity contribution in [1.29, 1.82) is 0 Å². The van der Waals surface area contributed by atoms with Crippen LogP contribution in [0.25, 0.3) is 50.1 Å². The van der Waals surface area contributed by atoms with Crippen molar-refractivity contribution in [3.8, 4) is 39.8 Å². The van der Waals surface area contributed by atoms with E-state index in [1.54, 1.807) is 0 Å². The molecule has 0 spiro atoms. The molecule has 6 heteroatoms. The van der Waals surface area contributed by atoms with E-state index in [1.165, 1.54) is 50.1 Å². The number of fused-ring (bicyclic) bond motifs is 3. The molecule has 10 rings (SSSR count). The summed E-state index contributed by atoms with van der Waals surface area (Å²) in [6, 6.07) is 61.3. The number of hydrogen-bond acceptors (Lipinski definition) is 2. The summed E-state index contributed by atoms with van der Waals surface area (Å²) < 4.78 is 13.8. The number of ether oxygens (including phenoxy) is 1. The first kappa shape index (κ1) is 60.8. The molecule has 10 aromatic rings. The van der Waals surface area contributed by atoms with Gasteiger partial charge in [-0.3, -0.25) is 4.57 Å². The summed E-state index contributed by atoms with van der Waals surface area (Å²) >= 11 is 0. The van der Waals surface area contributed by atoms with Crippen LogP contribution in [0.5, 0.6) is 11.5 Å². The zero-order valence-electron chi connectivity index (χ0n) is 52.8. The van der Waals surface area contributed by atoms with Crippen molar-refractivity contribution in [1.82, 2.24) is 14.1 Å². The second kappa shape index (κ2) is 22.6. The van der Waals surface area contributed by atoms with Crippen LogP contribution in [0.4, 0.5) is 0 Å². The second-order valence-corrected chi connectivity index (χ2v) is 28.1. The third kappa shape index (κ3) is 12.0. The minimum Gasteiger partial charge on any atom is -0.510 e. The Kier molecular flexibility index (Phi) is 16.6. The van der Waals surface area contributed by atoms with Crippen LogP contribution in [0.1, 0.15) is 205 Å². The van der Waals surface area contributed by atoms with Gasteiger partial charge in [0.25, 0.3) is 6.33 Å². The molecular formula is C77H86N4OPt-2. The maximum Gasteiger partial charge on any atom is 0.267 e. The molecule has 3 heterocycles. The van der Waals surface area contributed by atoms with E-state index in [0.717, 1.165) is 55.8 Å². The minimum absolute atomic E-state index is 0. The van der Waals surface area contributed by atoms with Crippen LogP contribution in [0.2, 0.25) is 0 Å². The third-order valence-corrected chi connectivity index (χ3v) is 17.2. The van der Waals surface area contributed by atoms with Crippen molar-refractivity contribution in [2.75, 3.05) is 0 Å². The van der Waals surface area contributed by atoms with Crippen molar-refractivity contribution >= 4 is 21.8 Å². The molecular weight excluding hydrogens is 1190 g/mol. The van der Waals surface area contributed by atoms with Gasteiger partial charge >= 0.3 is 0 Å². The number of pyridine rings is 1. The molecule has 0 saturated carbocycles. The van der Waals surface area contributed by atoms with Gasteiger partial charge in [-0.25, -0.2) is 4.98 Å². The number of rotatable bonds is 13. The molecule has 83 heavy (non-hydrogen) atoms. The van der Waals surface area contributed by atoms with Gasteiger partial charge < -0.3 is 13.9 Å². The van der Waals surface area contributed by atoms with E-state index in [4.69, 9.17) is 9.72 Å². The molecule has 0 radical (unpaired) electrons. The number of aromatic nitrogens is 4. The van der Waals surface area contributed by atoms with Crippen molar-refractivity contribution in [2.24, 2.45) is 0 Å². The summed E-state index contributed by atoms with van der Waals surface area (Å²) in [6.45, 7) is 43.6. The summed E-state index contributed by atoms with van der Waals surface area (Å²) in [5, 5.41) is 2.21. The summed E-state index contributed by atoms with van der Waals surface area (Å²) in [6.07, 6.45) is 8.13. The predicted molar refractivity (Wildman–Crippen MR) is 343 cm³/mol. The maximum atomic E-state index is 7.14. The van der Waals surface area contributed by atoms with Gasteiger partial charge in [0.05, 0.1) is 11.4 Å². The standard InChI is InChI=1S/C77H86N4O.Pt/c1-49(2)53-36-65(50(3)4)72(66(37-53)51(5)6)52-34-35-78-71(38-52)81-68-33-30-56(76(16,17)54-26-22-20-23-27-54)44-67(68)64-32-31-62(46-69(64)81)82-63-43-59(75(13,14)15)42-61(45-63)80-48-79(47-70(80)77(18,19)55-28-24-21-25-29-55)60-40-57(73(7,8)9)39-58(41-60)74(10,11)12;/h20-44,47,49-51H,1-19H3;/q-2;. The average molecular weight is 1280 g/mol. The van der Waals surface area contributed by atoms with E-state index in [0.29, 0.717) is 29.3 Å². The maximum absolute atomic E-state index is 7.14. The Morgan fingerprint density at radius 2 is 1.06 bits per heavy atom. The van der Waals surface area contributed by atoms with E-state index in [2.05, 4.69) is 316 Å². The van der Waals surface area contributed by atoms with Gasteiger partial charge in [0.1, 0.15) is 5.82 Å². The summed E-state index contributed by atoms with van der Waals surface area (Å²) in [7, 11) is 0. The molecule has 5 nitrogen and oxygen atoms in total. The Morgan fingerprint density at radius 1 is 0.494 bits per heavy atom. The summed E-state index contributed by atoms with van der Waals surface area (Å²) in [4.78, 5) is 5.21. The van der Waals surface area contributed by atoms with E-state index < -0.39 is 5.41 Å². The Morgan fingerprint density at radius 3 is 1.61 bits per heavy atom. The normalized spacial score (nSPS) is 12.7. The minimum atomic E-state index is -0.428. The smallest absolute Gasteiger partial charge is 0.267 e. The zero-order valence-corrected chi connectivity index (χ0v) is 55.0. The van der Waals surface area contributed by atoms with Crippen LogP contribution in [0.15, 0.2) is 158 Å². The molecule has 0 saturated heterocycles. The van der Waals surface area contributed by atoms with Crippen LogP contribution >= 0.6 is 0 Å². The fourth-order valence-electron chi connectivity index (χ4n) is 11.6. The van der Waals surface area contributed by atoms with Gasteiger partial charge in [0, 0.05) is 61.3 Å². The molecule has 0 aliphatic rings. The Balaban J connectivity index is 0.00000828. The second-order valence-electron chi connectivity index (χ2n) is 28.1. The quantitative estimate of drug-likeness (QED) is 0.0852. The first-order valence-corrected chi connectivity index (χ1v) is 29.8. The molecule has 0 amide bonds. The van der Waals surface area contributed by atoms with Crippen molar-refractivity contribution in [3.05, 3.63) is 232 Å². The fraction of sp³-hybridized carbons (Fsp3) is 0.351. The molecule has 0 fully saturated rings. The monoisotopic (exact) mass is 1280 g/mol. The summed E-state index contributed by atoms with van der Waals surface area (Å²) in [5.41, 5.74) is 17.9. The summed E-state index contributed by atoms with van der Waals surface area (Å²) in [5.74, 6) is 3.09. The number of imidazole rings is 1. The number of benzene rings is 7. The molecule has 432 valence electrons. The zero-order chi connectivity index (χ0) is 59.0. The Labute approximate surface area is 511 Å². The number of hydrogen-bond donors (Lipinski definition) is 0. The van der Waals surface area contributed by atoms with Crippen LogP contribution in [0.3, 0.4) is 0 Å². The molecule has 7 aromatic carbocycles. The number of nitrogens with zero attached hydrogens (tertiary/aromatic N) is 4. The SMILES string of the molecule is CC(C)c1cc(C(C)C)c(-c2ccnc(-n3c4[c-]c(Oc5[c-]c(-n6[c-][n+](-c7cc(C(C)(C)C)cc(C(C)(C)C)c7)cc6C(C)(C)c6ccccc6)cc(C(C)(C)C)c5)ccc4c4cc(C(C)(C)c5ccccc5)ccc43)c2)c(C(C)C)c1.[Pt]. The van der Waals surface area contributed by atoms with Crippen LogP contribution < -0.4 is 9.30 Å². The van der Waals surface area contributed by atoms with E-state index >= 15 is 0 Å². The molecule has 0 N–H and O–H groups in total. The van der Waals surface area contributed by atoms with E-state index in [-0.39, 0.29) is 42.7 Å². The molecule has 0 aliphatic carbocycles. The van der Waals surface area contributed by atoms with E-state index in [1.807, 2.05) is 6.20 Å². The predicted octanol–water partition coefficient (Wildman–Crippen LogP) is 20.0. The molecule has 0 unspecified atom stereocenters. The van der Waals surface area contributed by atoms with Crippen LogP contribution in [-0.2, 0) is 48.1 Å². The first-order valence-electron chi connectivity index (χ1n) is 29.8. The van der Waals surface area contributed by atoms with Gasteiger partial charge in [0.15, 0.2) is 0 Å². The van der Waals surface area contributed by atoms with Crippen molar-refractivity contribution < 1.29 is 30.4 Å². The molecule has 0 aliphatic heterocycles. The van der Waals surface area contributed by atoms with Gasteiger partial charge in [-0.05, 0) is 131 Å². The Hall–Kier alpha value is -6.81. The molecule has 0 atom stereocenters. The van der Waals surface area contributed by atoms with Crippen molar-refractivity contribution in [3.63, 3.8) is 0 Å². The van der Waals surface area contributed by atoms with Crippen LogP contribution in [-0.4, -0.2) is 14.1 Å². The largest absolute Gasteiger partial charge is 0.510 e. The molecule has 3 aromatic heterocycles. The third-order valence-electron chi connectivity index (χ3n) is 17.2. The van der Waals surface area contributed by atoms with Gasteiger partial charge in [-0.1, -0.05) is 228 Å². The van der Waals surface area contributed by atoms with Gasteiger partial charge in [0.2, 0.25) is 0 Å². The fourth-order valence-corrected chi connectivity index (χ4v) is 11.6. The van der Waals surface area contributed by atoms with Crippen molar-refractivity contribution in [2.45, 2.75) is 176 Å². The average Bonchev–Trinajstić information content (AvgIpc) is 2.15.